The monoisotopic (exact) mass is 464 g/mol. The molecule has 172 valence electrons. The third-order valence-corrected chi connectivity index (χ3v) is 4.05. The first-order valence-electron chi connectivity index (χ1n) is 9.26. The minimum Gasteiger partial charge on any atom is -0.418 e. The summed E-state index contributed by atoms with van der Waals surface area (Å²) < 4.78 is 80.3. The Balaban J connectivity index is 0.000000308. The molecule has 4 heterocycles. The fraction of sp³-hybridized carbons (Fsp3) is 0.167. The van der Waals surface area contributed by atoms with E-state index in [0.29, 0.717) is 0 Å². The number of nitrogens with zero attached hydrogens (tertiary/aromatic N) is 3. The number of hydrogen-bond donors (Lipinski definition) is 0. The molecule has 14 heteroatoms. The van der Waals surface area contributed by atoms with Gasteiger partial charge < -0.3 is 34.5 Å². The van der Waals surface area contributed by atoms with E-state index in [-0.39, 0.29) is 6.17 Å². The highest BCUT2D eigenvalue weighted by atomic mass is 19.5. The maximum absolute atomic E-state index is 9.75. The molecule has 4 rings (SSSR count). The third-order valence-electron chi connectivity index (χ3n) is 4.05. The lowest BCUT2D eigenvalue weighted by Crippen LogP contribution is -2.44. The summed E-state index contributed by atoms with van der Waals surface area (Å²) in [7, 11) is -12.0. The van der Waals surface area contributed by atoms with Crippen LogP contribution in [0.4, 0.5) is 34.5 Å². The van der Waals surface area contributed by atoms with Crippen molar-refractivity contribution in [2.75, 3.05) is 0 Å². The second-order valence-corrected chi connectivity index (χ2v) is 6.51. The van der Waals surface area contributed by atoms with Gasteiger partial charge in [-0.25, -0.2) is 9.88 Å². The Kier molecular flexibility index (Phi) is 8.70. The van der Waals surface area contributed by atoms with Crippen LogP contribution >= 0.6 is 0 Å². The number of rotatable bonds is 3. The molecule has 4 nitrogen and oxygen atoms in total. The Bertz CT molecular complexity index is 934. The van der Waals surface area contributed by atoms with E-state index in [1.54, 1.807) is 0 Å². The van der Waals surface area contributed by atoms with Crippen molar-refractivity contribution >= 4 is 14.5 Å². The summed E-state index contributed by atoms with van der Waals surface area (Å²) in [5.74, 6) is 0. The molecular weight excluding hydrogens is 446 g/mol. The largest absolute Gasteiger partial charge is 0.673 e. The van der Waals surface area contributed by atoms with Gasteiger partial charge in [-0.05, 0) is 12.1 Å². The van der Waals surface area contributed by atoms with Crippen molar-refractivity contribution in [2.24, 2.45) is 0 Å². The molecule has 0 fully saturated rings. The summed E-state index contributed by atoms with van der Waals surface area (Å²) in [5.41, 5.74) is 3.60. The van der Waals surface area contributed by atoms with E-state index in [9.17, 15) is 34.5 Å². The smallest absolute Gasteiger partial charge is 0.418 e. The van der Waals surface area contributed by atoms with Crippen LogP contribution in [0.25, 0.3) is 0 Å². The van der Waals surface area contributed by atoms with Gasteiger partial charge in [0.2, 0.25) is 0 Å². The standard InChI is InChI=1S/C18H17N4.2BF4/c1-4-10-19-15(7-1)13-21-14-16-8-3-6-12-22(16)18(21)17-9-2-5-11-20-17;2*2-1(3,4)5/h1-12,18H,13-14H2;;/q+1;2*-1/p+1/t18-;;/m1../s1. The van der Waals surface area contributed by atoms with E-state index in [4.69, 9.17) is 0 Å². The number of aromatic nitrogens is 3. The average Bonchev–Trinajstić information content (AvgIpc) is 3.04. The highest BCUT2D eigenvalue weighted by Crippen LogP contribution is 2.25. The summed E-state index contributed by atoms with van der Waals surface area (Å²) in [4.78, 5) is 10.3. The van der Waals surface area contributed by atoms with Gasteiger partial charge in [-0.2, -0.15) is 4.57 Å². The topological polar surface area (TPSA) is 34.2 Å². The van der Waals surface area contributed by atoms with E-state index in [1.807, 2.05) is 24.5 Å². The Hall–Kier alpha value is -3.02. The second kappa shape index (κ2) is 11.0. The number of nitrogens with one attached hydrogen (secondary N) is 1. The van der Waals surface area contributed by atoms with Crippen molar-refractivity contribution < 1.29 is 44.1 Å². The minimum absolute atomic E-state index is 0.144. The van der Waals surface area contributed by atoms with Crippen LogP contribution in [0.5, 0.6) is 0 Å². The number of aromatic amines is 1. The number of fused-ring (bicyclic) bond motifs is 1. The quantitative estimate of drug-likeness (QED) is 0.329. The normalized spacial score (nSPS) is 15.7. The van der Waals surface area contributed by atoms with E-state index >= 15 is 0 Å². The Morgan fingerprint density at radius 2 is 1.50 bits per heavy atom. The van der Waals surface area contributed by atoms with E-state index in [0.717, 1.165) is 18.8 Å². The van der Waals surface area contributed by atoms with Gasteiger partial charge in [0.1, 0.15) is 5.69 Å². The average molecular weight is 464 g/mol. The molecule has 0 saturated heterocycles. The Labute approximate surface area is 178 Å². The van der Waals surface area contributed by atoms with Crippen molar-refractivity contribution in [3.05, 3.63) is 90.3 Å². The molecule has 0 saturated carbocycles. The van der Waals surface area contributed by atoms with Crippen molar-refractivity contribution in [3.63, 3.8) is 0 Å². The van der Waals surface area contributed by atoms with Crippen LogP contribution in [-0.2, 0) is 13.1 Å². The van der Waals surface area contributed by atoms with Crippen molar-refractivity contribution in [3.8, 4) is 0 Å². The molecule has 0 aromatic carbocycles. The zero-order chi connectivity index (χ0) is 23.8. The zero-order valence-electron chi connectivity index (χ0n) is 16.4. The van der Waals surface area contributed by atoms with Crippen LogP contribution in [0.1, 0.15) is 23.2 Å². The minimum atomic E-state index is -6.00. The van der Waals surface area contributed by atoms with E-state index in [1.165, 1.54) is 11.4 Å². The molecule has 0 aliphatic carbocycles. The molecule has 3 aromatic heterocycles. The molecule has 1 N–H and O–H groups in total. The Morgan fingerprint density at radius 1 is 0.875 bits per heavy atom. The van der Waals surface area contributed by atoms with Gasteiger partial charge in [0.15, 0.2) is 23.8 Å². The third kappa shape index (κ3) is 9.41. The van der Waals surface area contributed by atoms with Crippen molar-refractivity contribution in [1.29, 1.82) is 0 Å². The molecule has 0 spiro atoms. The van der Waals surface area contributed by atoms with Crippen LogP contribution in [-0.4, -0.2) is 24.4 Å². The fourth-order valence-electron chi connectivity index (χ4n) is 3.08. The molecule has 3 aromatic rings. The molecule has 0 unspecified atom stereocenters. The number of hydrogen-bond acceptors (Lipinski definition) is 2. The van der Waals surface area contributed by atoms with Gasteiger partial charge in [-0.1, -0.05) is 18.2 Å². The van der Waals surface area contributed by atoms with E-state index in [2.05, 4.69) is 68.1 Å². The summed E-state index contributed by atoms with van der Waals surface area (Å²) in [5, 5.41) is 0. The molecule has 1 atom stereocenters. The molecule has 0 amide bonds. The summed E-state index contributed by atoms with van der Waals surface area (Å²) in [6, 6.07) is 18.7. The summed E-state index contributed by atoms with van der Waals surface area (Å²) in [6.45, 7) is 1.79. The summed E-state index contributed by atoms with van der Waals surface area (Å²) in [6.07, 6.45) is 6.13. The zero-order valence-corrected chi connectivity index (χ0v) is 16.4. The van der Waals surface area contributed by atoms with Gasteiger partial charge in [-0.3, -0.25) is 4.98 Å². The molecule has 0 bridgehead atoms. The number of halogens is 8. The van der Waals surface area contributed by atoms with Gasteiger partial charge in [-0.15, -0.1) is 0 Å². The van der Waals surface area contributed by atoms with Gasteiger partial charge in [0, 0.05) is 30.5 Å². The van der Waals surface area contributed by atoms with Crippen molar-refractivity contribution in [2.45, 2.75) is 19.3 Å². The molecule has 32 heavy (non-hydrogen) atoms. The number of pyridine rings is 3. The Morgan fingerprint density at radius 3 is 2.06 bits per heavy atom. The maximum Gasteiger partial charge on any atom is 0.673 e. The van der Waals surface area contributed by atoms with Crippen LogP contribution in [0.15, 0.2) is 73.2 Å². The maximum atomic E-state index is 9.75. The highest BCUT2D eigenvalue weighted by molar-refractivity contribution is 6.50. The van der Waals surface area contributed by atoms with Crippen LogP contribution < -0.4 is 9.55 Å². The first kappa shape index (κ1) is 25.2. The van der Waals surface area contributed by atoms with Crippen molar-refractivity contribution in [1.82, 2.24) is 9.88 Å². The molecule has 0 radical (unpaired) electrons. The predicted molar refractivity (Wildman–Crippen MR) is 102 cm³/mol. The predicted octanol–water partition coefficient (Wildman–Crippen LogP) is 4.35. The number of H-pyrrole nitrogens is 1. The highest BCUT2D eigenvalue weighted by Gasteiger charge is 2.40. The first-order valence-corrected chi connectivity index (χ1v) is 9.26. The van der Waals surface area contributed by atoms with Crippen LogP contribution in [0, 0.1) is 0 Å². The van der Waals surface area contributed by atoms with Gasteiger partial charge in [0.25, 0.3) is 6.17 Å². The molecular formula is C18H18B2F8N4. The first-order chi connectivity index (χ1) is 14.9. The lowest BCUT2D eigenvalue weighted by atomic mass is 10.2. The second-order valence-electron chi connectivity index (χ2n) is 6.51. The SMILES string of the molecule is F[B-](F)(F)F.F[B-](F)(F)F.c1ccc([C@@H]2N(Cc3cccc[nH+]3)Cc3cccc[n+]32)nc1. The fourth-order valence-corrected chi connectivity index (χ4v) is 3.08. The molecule has 1 aliphatic heterocycles. The van der Waals surface area contributed by atoms with Gasteiger partial charge in [0.05, 0.1) is 13.1 Å². The van der Waals surface area contributed by atoms with E-state index < -0.39 is 14.5 Å². The summed E-state index contributed by atoms with van der Waals surface area (Å²) >= 11 is 0. The van der Waals surface area contributed by atoms with Gasteiger partial charge >= 0.3 is 14.5 Å². The lowest BCUT2D eigenvalue weighted by Gasteiger charge is -2.17. The lowest BCUT2D eigenvalue weighted by molar-refractivity contribution is -0.721. The van der Waals surface area contributed by atoms with Crippen LogP contribution in [0.2, 0.25) is 0 Å². The molecule has 1 aliphatic rings. The van der Waals surface area contributed by atoms with Crippen LogP contribution in [0.3, 0.4) is 0 Å².